The van der Waals surface area contributed by atoms with Gasteiger partial charge in [-0.3, -0.25) is 4.79 Å². The van der Waals surface area contributed by atoms with E-state index in [-0.39, 0.29) is 4.90 Å². The van der Waals surface area contributed by atoms with Crippen LogP contribution in [-0.4, -0.2) is 37.0 Å². The number of halogens is 1. The SMILES string of the molecule is CC(NS(=O)(=O)c1ccc(F)cc1)C(=O)NC1(C(=O)O)CCCC1. The molecule has 0 saturated heterocycles. The zero-order chi connectivity index (χ0) is 18.0. The monoisotopic (exact) mass is 358 g/mol. The Morgan fingerprint density at radius 1 is 1.21 bits per heavy atom. The second kappa shape index (κ2) is 6.86. The molecule has 0 bridgehead atoms. The van der Waals surface area contributed by atoms with Crippen LogP contribution in [0.4, 0.5) is 4.39 Å². The van der Waals surface area contributed by atoms with Gasteiger partial charge >= 0.3 is 5.97 Å². The number of hydrogen-bond donors (Lipinski definition) is 3. The Morgan fingerprint density at radius 2 is 1.75 bits per heavy atom. The van der Waals surface area contributed by atoms with Gasteiger partial charge in [-0.1, -0.05) is 12.8 Å². The molecule has 3 N–H and O–H groups in total. The van der Waals surface area contributed by atoms with Gasteiger partial charge in [-0.25, -0.2) is 17.6 Å². The lowest BCUT2D eigenvalue weighted by Gasteiger charge is -2.27. The van der Waals surface area contributed by atoms with Gasteiger partial charge in [0.25, 0.3) is 0 Å². The van der Waals surface area contributed by atoms with Gasteiger partial charge in [-0.2, -0.15) is 4.72 Å². The first-order valence-corrected chi connectivity index (χ1v) is 8.98. The number of hydrogen-bond acceptors (Lipinski definition) is 4. The number of rotatable bonds is 6. The molecule has 24 heavy (non-hydrogen) atoms. The maximum atomic E-state index is 12.9. The fraction of sp³-hybridized carbons (Fsp3) is 0.467. The van der Waals surface area contributed by atoms with E-state index >= 15 is 0 Å². The maximum Gasteiger partial charge on any atom is 0.329 e. The molecule has 0 heterocycles. The highest BCUT2D eigenvalue weighted by atomic mass is 32.2. The third-order valence-corrected chi connectivity index (χ3v) is 5.63. The molecule has 1 aliphatic carbocycles. The quantitative estimate of drug-likeness (QED) is 0.702. The smallest absolute Gasteiger partial charge is 0.329 e. The molecule has 1 unspecified atom stereocenters. The van der Waals surface area contributed by atoms with Crippen LogP contribution in [0.25, 0.3) is 0 Å². The van der Waals surface area contributed by atoms with Gasteiger partial charge in [-0.05, 0) is 44.0 Å². The third-order valence-electron chi connectivity index (χ3n) is 4.08. The number of aliphatic carboxylic acids is 1. The first-order chi connectivity index (χ1) is 11.2. The normalized spacial score (nSPS) is 18.1. The van der Waals surface area contributed by atoms with E-state index < -0.39 is 39.3 Å². The Hall–Kier alpha value is -2.00. The zero-order valence-corrected chi connectivity index (χ0v) is 13.9. The Kier molecular flexibility index (Phi) is 5.24. The Bertz CT molecular complexity index is 727. The Balaban J connectivity index is 2.08. The van der Waals surface area contributed by atoms with Crippen LogP contribution < -0.4 is 10.0 Å². The average molecular weight is 358 g/mol. The molecule has 0 radical (unpaired) electrons. The van der Waals surface area contributed by atoms with Crippen LogP contribution in [0.1, 0.15) is 32.6 Å². The molecule has 0 aromatic heterocycles. The summed E-state index contributed by atoms with van der Waals surface area (Å²) in [7, 11) is -4.02. The van der Waals surface area contributed by atoms with Crippen molar-refractivity contribution in [3.63, 3.8) is 0 Å². The highest BCUT2D eigenvalue weighted by molar-refractivity contribution is 7.89. The van der Waals surface area contributed by atoms with Gasteiger partial charge in [-0.15, -0.1) is 0 Å². The summed E-state index contributed by atoms with van der Waals surface area (Å²) in [6.45, 7) is 1.32. The van der Waals surface area contributed by atoms with Crippen molar-refractivity contribution in [1.82, 2.24) is 10.0 Å². The van der Waals surface area contributed by atoms with Crippen LogP contribution in [0.5, 0.6) is 0 Å². The van der Waals surface area contributed by atoms with Crippen LogP contribution in [-0.2, 0) is 19.6 Å². The second-order valence-corrected chi connectivity index (χ2v) is 7.59. The van der Waals surface area contributed by atoms with Crippen molar-refractivity contribution in [2.24, 2.45) is 0 Å². The van der Waals surface area contributed by atoms with Crippen LogP contribution in [0.15, 0.2) is 29.2 Å². The number of carbonyl (C=O) groups excluding carboxylic acids is 1. The number of benzene rings is 1. The van der Waals surface area contributed by atoms with Gasteiger partial charge in [0.15, 0.2) is 0 Å². The van der Waals surface area contributed by atoms with Crippen molar-refractivity contribution in [3.8, 4) is 0 Å². The van der Waals surface area contributed by atoms with Gasteiger partial charge < -0.3 is 10.4 Å². The van der Waals surface area contributed by atoms with E-state index in [2.05, 4.69) is 10.0 Å². The third kappa shape index (κ3) is 3.90. The van der Waals surface area contributed by atoms with E-state index in [1.807, 2.05) is 0 Å². The lowest BCUT2D eigenvalue weighted by molar-refractivity contribution is -0.147. The summed E-state index contributed by atoms with van der Waals surface area (Å²) < 4.78 is 39.4. The standard InChI is InChI=1S/C15H19FN2O5S/c1-10(13(19)17-15(14(20)21)8-2-3-9-15)18-24(22,23)12-6-4-11(16)5-7-12/h4-7,10,18H,2-3,8-9H2,1H3,(H,17,19)(H,20,21). The van der Waals surface area contributed by atoms with Gasteiger partial charge in [0.1, 0.15) is 11.4 Å². The molecular formula is C15H19FN2O5S. The molecule has 7 nitrogen and oxygen atoms in total. The molecule has 2 rings (SSSR count). The number of nitrogens with one attached hydrogen (secondary N) is 2. The van der Waals surface area contributed by atoms with Crippen LogP contribution in [0, 0.1) is 5.82 Å². The van der Waals surface area contributed by atoms with E-state index in [1.165, 1.54) is 6.92 Å². The van der Waals surface area contributed by atoms with Crippen molar-refractivity contribution in [2.75, 3.05) is 0 Å². The van der Waals surface area contributed by atoms with Crippen LogP contribution >= 0.6 is 0 Å². The van der Waals surface area contributed by atoms with Crippen molar-refractivity contribution in [1.29, 1.82) is 0 Å². The topological polar surface area (TPSA) is 113 Å². The van der Waals surface area contributed by atoms with Gasteiger partial charge in [0.05, 0.1) is 10.9 Å². The maximum absolute atomic E-state index is 12.9. The molecule has 1 aliphatic rings. The van der Waals surface area contributed by atoms with Crippen molar-refractivity contribution >= 4 is 21.9 Å². The molecule has 1 fully saturated rings. The summed E-state index contributed by atoms with van der Waals surface area (Å²) >= 11 is 0. The van der Waals surface area contributed by atoms with E-state index in [1.54, 1.807) is 0 Å². The first-order valence-electron chi connectivity index (χ1n) is 7.50. The minimum absolute atomic E-state index is 0.183. The summed E-state index contributed by atoms with van der Waals surface area (Å²) in [5, 5.41) is 11.8. The predicted molar refractivity (Wildman–Crippen MR) is 83.2 cm³/mol. The van der Waals surface area contributed by atoms with Gasteiger partial charge in [0.2, 0.25) is 15.9 Å². The number of sulfonamides is 1. The van der Waals surface area contributed by atoms with E-state index in [9.17, 15) is 27.5 Å². The molecule has 0 spiro atoms. The zero-order valence-electron chi connectivity index (χ0n) is 13.1. The fourth-order valence-corrected chi connectivity index (χ4v) is 3.89. The molecular weight excluding hydrogens is 339 g/mol. The van der Waals surface area contributed by atoms with Crippen molar-refractivity contribution < 1.29 is 27.5 Å². The van der Waals surface area contributed by atoms with Gasteiger partial charge in [0, 0.05) is 0 Å². The fourth-order valence-electron chi connectivity index (χ4n) is 2.68. The summed E-state index contributed by atoms with van der Waals surface area (Å²) in [6, 6.07) is 2.99. The molecule has 1 aromatic carbocycles. The summed E-state index contributed by atoms with van der Waals surface area (Å²) in [4.78, 5) is 23.5. The Morgan fingerprint density at radius 3 is 2.25 bits per heavy atom. The molecule has 1 atom stereocenters. The van der Waals surface area contributed by atoms with Crippen molar-refractivity contribution in [3.05, 3.63) is 30.1 Å². The summed E-state index contributed by atoms with van der Waals surface area (Å²) in [5.74, 6) is -2.42. The molecule has 1 aromatic rings. The van der Waals surface area contributed by atoms with Crippen LogP contribution in [0.3, 0.4) is 0 Å². The minimum atomic E-state index is -4.02. The minimum Gasteiger partial charge on any atom is -0.480 e. The highest BCUT2D eigenvalue weighted by Crippen LogP contribution is 2.30. The molecule has 9 heteroatoms. The highest BCUT2D eigenvalue weighted by Gasteiger charge is 2.43. The first kappa shape index (κ1) is 18.3. The predicted octanol–water partition coefficient (Wildman–Crippen LogP) is 1.01. The molecule has 1 amide bonds. The number of carboxylic acid groups (broad SMARTS) is 1. The number of carboxylic acids is 1. The summed E-state index contributed by atoms with van der Waals surface area (Å²) in [5.41, 5.74) is -1.34. The second-order valence-electron chi connectivity index (χ2n) is 5.88. The van der Waals surface area contributed by atoms with Crippen LogP contribution in [0.2, 0.25) is 0 Å². The molecule has 1 saturated carbocycles. The molecule has 132 valence electrons. The Labute approximate surface area is 139 Å². The largest absolute Gasteiger partial charge is 0.480 e. The van der Waals surface area contributed by atoms with E-state index in [4.69, 9.17) is 0 Å². The number of amides is 1. The average Bonchev–Trinajstić information content (AvgIpc) is 2.97. The van der Waals surface area contributed by atoms with Crippen molar-refractivity contribution in [2.45, 2.75) is 49.1 Å². The van der Waals surface area contributed by atoms with E-state index in [0.717, 1.165) is 24.3 Å². The number of carbonyl (C=O) groups is 2. The summed E-state index contributed by atoms with van der Waals surface area (Å²) in [6.07, 6.45) is 1.99. The molecule has 0 aliphatic heterocycles. The lowest BCUT2D eigenvalue weighted by Crippen LogP contribution is -2.57. The van der Waals surface area contributed by atoms with E-state index in [0.29, 0.717) is 25.7 Å². The lowest BCUT2D eigenvalue weighted by atomic mass is 9.97.